The van der Waals surface area contributed by atoms with Gasteiger partial charge in [-0.25, -0.2) is 23.6 Å². The number of aromatic amines is 1. The number of phosphoric acid groups is 2. The van der Waals surface area contributed by atoms with Crippen molar-refractivity contribution >= 4 is 35.5 Å². The molecule has 0 aromatic carbocycles. The molecule has 7 atom stereocenters. The SMILES string of the molecule is O=c1ccn([C@@H]2O[C@](CF)(CO[P+](=O)OP(=O)(O)OP(=O)(O)OO)[C@@H](O)[C@@H]2Cl)c(=O)[nH]1. The molecule has 0 amide bonds. The maximum absolute atomic E-state index is 13.7. The molecular formula is C10H14ClFN2O14P3+. The third kappa shape index (κ3) is 6.33. The zero-order valence-corrected chi connectivity index (χ0v) is 18.2. The number of aliphatic hydroxyl groups excluding tert-OH is 1. The van der Waals surface area contributed by atoms with Crippen LogP contribution < -0.4 is 11.2 Å². The molecule has 2 heterocycles. The van der Waals surface area contributed by atoms with E-state index in [4.69, 9.17) is 26.5 Å². The van der Waals surface area contributed by atoms with Gasteiger partial charge in [0.15, 0.2) is 11.8 Å². The highest BCUT2D eigenvalue weighted by atomic mass is 35.5. The number of H-pyrrole nitrogens is 1. The highest BCUT2D eigenvalue weighted by Gasteiger charge is 2.57. The number of halogens is 2. The molecular weight excluding hydrogens is 519 g/mol. The van der Waals surface area contributed by atoms with Crippen LogP contribution >= 0.6 is 35.5 Å². The molecule has 1 aliphatic rings. The molecule has 1 aromatic rings. The summed E-state index contributed by atoms with van der Waals surface area (Å²) in [7, 11) is -14.7. The topological polar surface area (TPSA) is 233 Å². The molecule has 3 unspecified atom stereocenters. The van der Waals surface area contributed by atoms with Gasteiger partial charge in [0, 0.05) is 16.8 Å². The summed E-state index contributed by atoms with van der Waals surface area (Å²) in [5, 5.41) is 16.8. The fourth-order valence-corrected chi connectivity index (χ4v) is 5.50. The van der Waals surface area contributed by atoms with Gasteiger partial charge in [-0.3, -0.25) is 19.2 Å². The van der Waals surface area contributed by atoms with Gasteiger partial charge in [0.2, 0.25) is 0 Å². The van der Waals surface area contributed by atoms with Crippen molar-refractivity contribution in [2.24, 2.45) is 0 Å². The number of alkyl halides is 2. The second kappa shape index (κ2) is 9.93. The predicted molar refractivity (Wildman–Crippen MR) is 94.9 cm³/mol. The highest BCUT2D eigenvalue weighted by Crippen LogP contribution is 2.63. The van der Waals surface area contributed by atoms with Crippen LogP contribution in [0.2, 0.25) is 0 Å². The molecule has 0 spiro atoms. The first-order valence-corrected chi connectivity index (χ1v) is 12.2. The van der Waals surface area contributed by atoms with E-state index in [1.54, 1.807) is 0 Å². The summed E-state index contributed by atoms with van der Waals surface area (Å²) in [6.45, 7) is -2.64. The Morgan fingerprint density at radius 2 is 2.00 bits per heavy atom. The number of hydrogen-bond donors (Lipinski definition) is 5. The van der Waals surface area contributed by atoms with Crippen molar-refractivity contribution in [2.75, 3.05) is 13.3 Å². The van der Waals surface area contributed by atoms with Crippen LogP contribution in [0.4, 0.5) is 4.39 Å². The van der Waals surface area contributed by atoms with Gasteiger partial charge in [0.1, 0.15) is 24.8 Å². The maximum atomic E-state index is 13.7. The van der Waals surface area contributed by atoms with Crippen molar-refractivity contribution < 1.29 is 60.8 Å². The quantitative estimate of drug-likeness (QED) is 0.116. The van der Waals surface area contributed by atoms with E-state index in [0.29, 0.717) is 0 Å². The Bertz CT molecular complexity index is 1030. The lowest BCUT2D eigenvalue weighted by molar-refractivity contribution is -0.157. The Kier molecular flexibility index (Phi) is 8.44. The van der Waals surface area contributed by atoms with Gasteiger partial charge < -0.3 is 14.7 Å². The minimum atomic E-state index is -5.59. The van der Waals surface area contributed by atoms with Crippen molar-refractivity contribution in [3.63, 3.8) is 0 Å². The van der Waals surface area contributed by atoms with Gasteiger partial charge in [0.05, 0.1) is 0 Å². The fraction of sp³-hybridized carbons (Fsp3) is 0.600. The Balaban J connectivity index is 2.13. The summed E-state index contributed by atoms with van der Waals surface area (Å²) < 4.78 is 68.6. The monoisotopic (exact) mass is 533 g/mol. The molecule has 21 heteroatoms. The largest absolute Gasteiger partial charge is 0.708 e. The van der Waals surface area contributed by atoms with Gasteiger partial charge in [-0.2, -0.15) is 4.31 Å². The molecule has 176 valence electrons. The minimum absolute atomic E-state index is 0.736. The number of nitrogens with one attached hydrogen (secondary N) is 1. The van der Waals surface area contributed by atoms with Gasteiger partial charge in [-0.15, -0.1) is 20.8 Å². The lowest BCUT2D eigenvalue weighted by atomic mass is 9.99. The number of aromatic nitrogens is 2. The van der Waals surface area contributed by atoms with Crippen LogP contribution in [0.5, 0.6) is 0 Å². The molecule has 31 heavy (non-hydrogen) atoms. The van der Waals surface area contributed by atoms with Gasteiger partial charge in [-0.05, 0) is 4.31 Å². The summed E-state index contributed by atoms with van der Waals surface area (Å²) in [6, 6.07) is 0.923. The highest BCUT2D eigenvalue weighted by molar-refractivity contribution is 7.64. The van der Waals surface area contributed by atoms with Gasteiger partial charge in [-0.1, -0.05) is 0 Å². The van der Waals surface area contributed by atoms with Gasteiger partial charge in [0.25, 0.3) is 5.56 Å². The van der Waals surface area contributed by atoms with E-state index in [-0.39, 0.29) is 0 Å². The number of nitrogens with zero attached hydrogens (tertiary/aromatic N) is 1. The number of ether oxygens (including phenoxy) is 1. The Hall–Kier alpha value is -0.900. The van der Waals surface area contributed by atoms with Gasteiger partial charge >= 0.3 is 29.6 Å². The molecule has 1 fully saturated rings. The zero-order valence-electron chi connectivity index (χ0n) is 14.7. The number of rotatable bonds is 10. The molecule has 0 radical (unpaired) electrons. The second-order valence-corrected chi connectivity index (χ2v) is 10.3. The summed E-state index contributed by atoms with van der Waals surface area (Å²) >= 11 is 5.99. The fourth-order valence-electron chi connectivity index (χ4n) is 2.36. The van der Waals surface area contributed by atoms with Crippen LogP contribution in [-0.4, -0.2) is 60.1 Å². The molecule has 16 nitrogen and oxygen atoms in total. The van der Waals surface area contributed by atoms with Crippen molar-refractivity contribution in [1.29, 1.82) is 0 Å². The Morgan fingerprint density at radius 1 is 1.35 bits per heavy atom. The van der Waals surface area contributed by atoms with E-state index in [2.05, 4.69) is 17.8 Å². The maximum Gasteiger partial charge on any atom is 0.708 e. The molecule has 1 aromatic heterocycles. The van der Waals surface area contributed by atoms with Crippen LogP contribution in [0.25, 0.3) is 0 Å². The second-order valence-electron chi connectivity index (χ2n) is 5.79. The number of hydrogen-bond acceptors (Lipinski definition) is 12. The molecule has 1 aliphatic heterocycles. The third-order valence-electron chi connectivity index (χ3n) is 3.71. The van der Waals surface area contributed by atoms with E-state index in [0.717, 1.165) is 16.8 Å². The predicted octanol–water partition coefficient (Wildman–Crippen LogP) is 0.140. The third-order valence-corrected chi connectivity index (χ3v) is 7.72. The van der Waals surface area contributed by atoms with E-state index < -0.39 is 71.7 Å². The lowest BCUT2D eigenvalue weighted by Crippen LogP contribution is -2.47. The van der Waals surface area contributed by atoms with E-state index in [1.807, 2.05) is 4.98 Å². The lowest BCUT2D eigenvalue weighted by Gasteiger charge is -2.26. The summed E-state index contributed by atoms with van der Waals surface area (Å²) in [6.07, 6.45) is -2.44. The molecule has 0 aliphatic carbocycles. The first-order valence-electron chi connectivity index (χ1n) is 7.63. The standard InChI is InChI=1S/C10H13ClFN2O14P3/c11-6-7(16)10(3-12,25-8(6)14-2-1-5(15)13-9(14)17)4-24-29(19)27-31(22,23)28-30(20,21)26-18/h1-2,6-8,16H,3-4H2,(H3-,13,15,17,18,20,21,22,23)/p+1/t6-,7-,8+,10+/m0/s1. The summed E-state index contributed by atoms with van der Waals surface area (Å²) in [4.78, 5) is 42.9. The zero-order chi connectivity index (χ0) is 23.6. The summed E-state index contributed by atoms with van der Waals surface area (Å²) in [5.41, 5.74) is -4.10. The van der Waals surface area contributed by atoms with Crippen molar-refractivity contribution in [1.82, 2.24) is 9.55 Å². The van der Waals surface area contributed by atoms with Crippen molar-refractivity contribution in [3.05, 3.63) is 33.1 Å². The summed E-state index contributed by atoms with van der Waals surface area (Å²) in [5.74, 6) is 0. The average molecular weight is 534 g/mol. The average Bonchev–Trinajstić information content (AvgIpc) is 2.91. The smallest absolute Gasteiger partial charge is 0.388 e. The van der Waals surface area contributed by atoms with Crippen LogP contribution in [0.3, 0.4) is 0 Å². The van der Waals surface area contributed by atoms with Crippen molar-refractivity contribution in [2.45, 2.75) is 23.3 Å². The first kappa shape index (κ1) is 26.4. The molecule has 1 saturated heterocycles. The van der Waals surface area contributed by atoms with Crippen LogP contribution in [-0.2, 0) is 36.3 Å². The van der Waals surface area contributed by atoms with E-state index in [1.165, 1.54) is 0 Å². The molecule has 5 N–H and O–H groups in total. The number of aliphatic hydroxyl groups is 1. The Labute approximate surface area is 176 Å². The van der Waals surface area contributed by atoms with E-state index >= 15 is 0 Å². The molecule has 0 bridgehead atoms. The molecule has 2 rings (SSSR count). The van der Waals surface area contributed by atoms with E-state index in [9.17, 15) is 37.7 Å². The molecule has 0 saturated carbocycles. The Morgan fingerprint density at radius 3 is 2.55 bits per heavy atom. The first-order chi connectivity index (χ1) is 14.3. The normalized spacial score (nSPS) is 30.5. The van der Waals surface area contributed by atoms with Crippen LogP contribution in [0.15, 0.2) is 21.9 Å². The van der Waals surface area contributed by atoms with Crippen LogP contribution in [0.1, 0.15) is 6.23 Å². The minimum Gasteiger partial charge on any atom is -0.388 e. The van der Waals surface area contributed by atoms with Crippen LogP contribution in [0, 0.1) is 0 Å². The van der Waals surface area contributed by atoms with Crippen molar-refractivity contribution in [3.8, 4) is 0 Å².